The molecule has 0 saturated heterocycles. The molecule has 0 spiro atoms. The SMILES string of the molecule is CCC1C(CC)(CC)C1(C(=O)O)c1ccccc1. The van der Waals surface area contributed by atoms with Crippen LogP contribution in [0, 0.1) is 11.3 Å². The molecule has 2 atom stereocenters. The van der Waals surface area contributed by atoms with Gasteiger partial charge < -0.3 is 5.11 Å². The summed E-state index contributed by atoms with van der Waals surface area (Å²) in [4.78, 5) is 12.0. The van der Waals surface area contributed by atoms with Crippen molar-refractivity contribution < 1.29 is 9.90 Å². The second-order valence-corrected chi connectivity index (χ2v) is 5.30. The number of rotatable bonds is 5. The predicted octanol–water partition coefficient (Wildman–Crippen LogP) is 3.86. The summed E-state index contributed by atoms with van der Waals surface area (Å²) in [6.07, 6.45) is 2.80. The van der Waals surface area contributed by atoms with Gasteiger partial charge in [-0.2, -0.15) is 0 Å². The molecule has 0 aromatic heterocycles. The van der Waals surface area contributed by atoms with E-state index in [0.717, 1.165) is 24.8 Å². The van der Waals surface area contributed by atoms with Gasteiger partial charge in [-0.1, -0.05) is 57.5 Å². The highest BCUT2D eigenvalue weighted by Crippen LogP contribution is 2.74. The van der Waals surface area contributed by atoms with Gasteiger partial charge in [0.2, 0.25) is 0 Å². The molecule has 1 N–H and O–H groups in total. The molecule has 0 radical (unpaired) electrons. The average molecular weight is 246 g/mol. The van der Waals surface area contributed by atoms with Crippen LogP contribution in [0.1, 0.15) is 45.6 Å². The lowest BCUT2D eigenvalue weighted by atomic mass is 9.83. The number of carbonyl (C=O) groups is 1. The normalized spacial score (nSPS) is 28.9. The van der Waals surface area contributed by atoms with Gasteiger partial charge in [0, 0.05) is 0 Å². The molecule has 18 heavy (non-hydrogen) atoms. The number of benzene rings is 1. The molecule has 1 aromatic rings. The monoisotopic (exact) mass is 246 g/mol. The van der Waals surface area contributed by atoms with Crippen LogP contribution in [0.4, 0.5) is 0 Å². The van der Waals surface area contributed by atoms with E-state index in [4.69, 9.17) is 0 Å². The van der Waals surface area contributed by atoms with E-state index in [9.17, 15) is 9.90 Å². The van der Waals surface area contributed by atoms with E-state index in [2.05, 4.69) is 20.8 Å². The summed E-state index contributed by atoms with van der Waals surface area (Å²) < 4.78 is 0. The van der Waals surface area contributed by atoms with Crippen LogP contribution in [0.3, 0.4) is 0 Å². The fourth-order valence-electron chi connectivity index (χ4n) is 4.36. The number of aliphatic carboxylic acids is 1. The van der Waals surface area contributed by atoms with Crippen LogP contribution in [0.15, 0.2) is 30.3 Å². The maximum Gasteiger partial charge on any atom is 0.315 e. The fraction of sp³-hybridized carbons (Fsp3) is 0.562. The van der Waals surface area contributed by atoms with Gasteiger partial charge in [0.25, 0.3) is 0 Å². The Morgan fingerprint density at radius 3 is 2.06 bits per heavy atom. The third-order valence-electron chi connectivity index (χ3n) is 5.13. The molecule has 1 aromatic carbocycles. The molecule has 2 heteroatoms. The van der Waals surface area contributed by atoms with E-state index in [1.165, 1.54) is 0 Å². The number of hydrogen-bond donors (Lipinski definition) is 1. The summed E-state index contributed by atoms with van der Waals surface area (Å²) in [6, 6.07) is 9.79. The summed E-state index contributed by atoms with van der Waals surface area (Å²) in [6.45, 7) is 6.36. The first-order valence-electron chi connectivity index (χ1n) is 6.90. The van der Waals surface area contributed by atoms with Gasteiger partial charge in [-0.05, 0) is 29.7 Å². The van der Waals surface area contributed by atoms with Gasteiger partial charge >= 0.3 is 5.97 Å². The lowest BCUT2D eigenvalue weighted by Gasteiger charge is -2.20. The molecule has 1 fully saturated rings. The van der Waals surface area contributed by atoms with Gasteiger partial charge in [-0.3, -0.25) is 4.79 Å². The molecule has 2 nitrogen and oxygen atoms in total. The summed E-state index contributed by atoms with van der Waals surface area (Å²) in [5, 5.41) is 9.86. The highest BCUT2D eigenvalue weighted by atomic mass is 16.4. The zero-order chi connectivity index (χ0) is 13.4. The van der Waals surface area contributed by atoms with Crippen molar-refractivity contribution >= 4 is 5.97 Å². The Balaban J connectivity index is 2.58. The van der Waals surface area contributed by atoms with Crippen molar-refractivity contribution in [2.75, 3.05) is 0 Å². The van der Waals surface area contributed by atoms with Crippen molar-refractivity contribution in [3.05, 3.63) is 35.9 Å². The smallest absolute Gasteiger partial charge is 0.315 e. The lowest BCUT2D eigenvalue weighted by Crippen LogP contribution is -2.28. The van der Waals surface area contributed by atoms with Gasteiger partial charge in [-0.25, -0.2) is 0 Å². The molecule has 98 valence electrons. The van der Waals surface area contributed by atoms with Gasteiger partial charge in [0.1, 0.15) is 5.41 Å². The van der Waals surface area contributed by atoms with Crippen molar-refractivity contribution in [1.82, 2.24) is 0 Å². The molecule has 0 amide bonds. The second kappa shape index (κ2) is 4.42. The van der Waals surface area contributed by atoms with Crippen LogP contribution in [-0.4, -0.2) is 11.1 Å². The average Bonchev–Trinajstić information content (AvgIpc) is 3.03. The van der Waals surface area contributed by atoms with E-state index in [-0.39, 0.29) is 11.3 Å². The summed E-state index contributed by atoms with van der Waals surface area (Å²) in [7, 11) is 0. The second-order valence-electron chi connectivity index (χ2n) is 5.30. The number of carboxylic acids is 1. The molecule has 1 aliphatic rings. The lowest BCUT2D eigenvalue weighted by molar-refractivity contribution is -0.141. The molecule has 2 unspecified atom stereocenters. The van der Waals surface area contributed by atoms with Crippen LogP contribution in [0.5, 0.6) is 0 Å². The Morgan fingerprint density at radius 1 is 1.17 bits per heavy atom. The van der Waals surface area contributed by atoms with Crippen LogP contribution in [-0.2, 0) is 10.2 Å². The Bertz CT molecular complexity index is 434. The van der Waals surface area contributed by atoms with Gasteiger partial charge in [-0.15, -0.1) is 0 Å². The largest absolute Gasteiger partial charge is 0.481 e. The minimum absolute atomic E-state index is 0.0606. The molecule has 1 saturated carbocycles. The van der Waals surface area contributed by atoms with Gasteiger partial charge in [0.15, 0.2) is 0 Å². The van der Waals surface area contributed by atoms with E-state index >= 15 is 0 Å². The van der Waals surface area contributed by atoms with Crippen molar-refractivity contribution in [2.24, 2.45) is 11.3 Å². The quantitative estimate of drug-likeness (QED) is 0.856. The van der Waals surface area contributed by atoms with Crippen molar-refractivity contribution in [1.29, 1.82) is 0 Å². The van der Waals surface area contributed by atoms with Crippen LogP contribution < -0.4 is 0 Å². The Morgan fingerprint density at radius 2 is 1.72 bits per heavy atom. The summed E-state index contributed by atoms with van der Waals surface area (Å²) >= 11 is 0. The Labute approximate surface area is 109 Å². The first kappa shape index (κ1) is 13.1. The first-order valence-corrected chi connectivity index (χ1v) is 6.90. The minimum Gasteiger partial charge on any atom is -0.481 e. The standard InChI is InChI=1S/C16H22O2/c1-4-13-15(5-2,6-3)16(13,14(17)18)12-10-8-7-9-11-12/h7-11,13H,4-6H2,1-3H3,(H,17,18). The van der Waals surface area contributed by atoms with Crippen molar-refractivity contribution in [2.45, 2.75) is 45.4 Å². The topological polar surface area (TPSA) is 37.3 Å². The molecular weight excluding hydrogens is 224 g/mol. The zero-order valence-corrected chi connectivity index (χ0v) is 11.4. The molecular formula is C16H22O2. The van der Waals surface area contributed by atoms with E-state index in [1.54, 1.807) is 0 Å². The van der Waals surface area contributed by atoms with Crippen LogP contribution in [0.2, 0.25) is 0 Å². The third-order valence-corrected chi connectivity index (χ3v) is 5.13. The number of carboxylic acid groups (broad SMARTS) is 1. The van der Waals surface area contributed by atoms with E-state index in [0.29, 0.717) is 0 Å². The maximum atomic E-state index is 12.0. The molecule has 0 aliphatic heterocycles. The molecule has 2 rings (SSSR count). The van der Waals surface area contributed by atoms with E-state index < -0.39 is 11.4 Å². The third kappa shape index (κ3) is 1.32. The zero-order valence-electron chi connectivity index (χ0n) is 11.4. The fourth-order valence-corrected chi connectivity index (χ4v) is 4.36. The summed E-state index contributed by atoms with van der Waals surface area (Å²) in [5.74, 6) is -0.385. The van der Waals surface area contributed by atoms with E-state index in [1.807, 2.05) is 30.3 Å². The van der Waals surface area contributed by atoms with Crippen LogP contribution in [0.25, 0.3) is 0 Å². The van der Waals surface area contributed by atoms with Crippen molar-refractivity contribution in [3.8, 4) is 0 Å². The Hall–Kier alpha value is -1.31. The highest BCUT2D eigenvalue weighted by Gasteiger charge is 2.78. The minimum atomic E-state index is -0.660. The first-order chi connectivity index (χ1) is 8.61. The van der Waals surface area contributed by atoms with Crippen molar-refractivity contribution in [3.63, 3.8) is 0 Å². The molecule has 0 bridgehead atoms. The molecule has 1 aliphatic carbocycles. The maximum absolute atomic E-state index is 12.0. The highest BCUT2D eigenvalue weighted by molar-refractivity contribution is 5.88. The summed E-state index contributed by atoms with van der Waals surface area (Å²) in [5.41, 5.74) is 0.259. The predicted molar refractivity (Wildman–Crippen MR) is 72.6 cm³/mol. The van der Waals surface area contributed by atoms with Gasteiger partial charge in [0.05, 0.1) is 0 Å². The van der Waals surface area contributed by atoms with Crippen LogP contribution >= 0.6 is 0 Å². The molecule has 0 heterocycles. The number of hydrogen-bond acceptors (Lipinski definition) is 1. The Kier molecular flexibility index (Phi) is 3.22.